The van der Waals surface area contributed by atoms with Gasteiger partial charge in [-0.05, 0) is 19.3 Å². The molecule has 1 nitrogen and oxygen atoms in total. The van der Waals surface area contributed by atoms with Crippen LogP contribution in [0.25, 0.3) is 0 Å². The van der Waals surface area contributed by atoms with E-state index in [2.05, 4.69) is 23.4 Å². The zero-order valence-corrected chi connectivity index (χ0v) is 6.14. The third kappa shape index (κ3) is 2.24. The smallest absolute Gasteiger partial charge is 0.0576 e. The maximum atomic E-state index is 5.12. The second-order valence-corrected chi connectivity index (χ2v) is 2.57. The Hall–Kier alpha value is -0.740. The van der Waals surface area contributed by atoms with Crippen LogP contribution in [0, 0.1) is 12.3 Å². The summed E-state index contributed by atoms with van der Waals surface area (Å²) >= 11 is 0. The summed E-state index contributed by atoms with van der Waals surface area (Å²) in [4.78, 5) is 0. The van der Waals surface area contributed by atoms with Gasteiger partial charge in [0.25, 0.3) is 0 Å². The van der Waals surface area contributed by atoms with E-state index in [-0.39, 0.29) is 0 Å². The van der Waals surface area contributed by atoms with Gasteiger partial charge in [0.1, 0.15) is 0 Å². The van der Waals surface area contributed by atoms with Crippen LogP contribution < -0.4 is 5.32 Å². The van der Waals surface area contributed by atoms with Crippen LogP contribution in [0.1, 0.15) is 19.3 Å². The molecule has 0 saturated heterocycles. The predicted molar refractivity (Wildman–Crippen MR) is 43.6 cm³/mol. The molecule has 1 unspecified atom stereocenters. The van der Waals surface area contributed by atoms with Crippen LogP contribution in [0.3, 0.4) is 0 Å². The van der Waals surface area contributed by atoms with E-state index < -0.39 is 0 Å². The van der Waals surface area contributed by atoms with Crippen molar-refractivity contribution >= 4 is 0 Å². The molecule has 1 N–H and O–H groups in total. The van der Waals surface area contributed by atoms with E-state index in [1.165, 1.54) is 12.8 Å². The molecule has 10 heavy (non-hydrogen) atoms. The first-order valence-corrected chi connectivity index (χ1v) is 3.75. The van der Waals surface area contributed by atoms with E-state index in [1.54, 1.807) is 0 Å². The number of terminal acetylenes is 1. The summed E-state index contributed by atoms with van der Waals surface area (Å²) in [5.41, 5.74) is 0. The van der Waals surface area contributed by atoms with E-state index in [4.69, 9.17) is 6.42 Å². The quantitative estimate of drug-likeness (QED) is 0.445. The molecule has 1 heteroatoms. The fourth-order valence-corrected chi connectivity index (χ4v) is 1.18. The molecule has 54 valence electrons. The van der Waals surface area contributed by atoms with Crippen LogP contribution >= 0.6 is 0 Å². The average Bonchev–Trinajstić information content (AvgIpc) is 2.03. The van der Waals surface area contributed by atoms with Gasteiger partial charge in [0, 0.05) is 6.04 Å². The first kappa shape index (κ1) is 7.37. The Labute approximate surface area is 62.5 Å². The first-order valence-electron chi connectivity index (χ1n) is 3.75. The summed E-state index contributed by atoms with van der Waals surface area (Å²) in [5, 5.41) is 3.28. The molecule has 1 aliphatic rings. The van der Waals surface area contributed by atoms with Crippen LogP contribution in [0.2, 0.25) is 0 Å². The van der Waals surface area contributed by atoms with Crippen molar-refractivity contribution in [1.82, 2.24) is 5.32 Å². The van der Waals surface area contributed by atoms with Gasteiger partial charge in [-0.25, -0.2) is 0 Å². The Balaban J connectivity index is 2.17. The van der Waals surface area contributed by atoms with Crippen molar-refractivity contribution in [2.75, 3.05) is 6.54 Å². The van der Waals surface area contributed by atoms with E-state index >= 15 is 0 Å². The lowest BCUT2D eigenvalue weighted by Crippen LogP contribution is -2.29. The Bertz CT molecular complexity index is 153. The van der Waals surface area contributed by atoms with Crippen molar-refractivity contribution in [3.8, 4) is 12.3 Å². The largest absolute Gasteiger partial charge is 0.303 e. The third-order valence-electron chi connectivity index (χ3n) is 1.76. The van der Waals surface area contributed by atoms with Gasteiger partial charge < -0.3 is 5.32 Å². The number of allylic oxidation sites excluding steroid dienone is 1. The van der Waals surface area contributed by atoms with Gasteiger partial charge in [0.2, 0.25) is 0 Å². The van der Waals surface area contributed by atoms with Gasteiger partial charge in [-0.2, -0.15) is 0 Å². The Morgan fingerprint density at radius 2 is 2.50 bits per heavy atom. The molecule has 1 aliphatic carbocycles. The predicted octanol–water partition coefficient (Wildman–Crippen LogP) is 1.32. The molecular weight excluding hydrogens is 122 g/mol. The molecule has 0 amide bonds. The van der Waals surface area contributed by atoms with E-state index in [9.17, 15) is 0 Å². The van der Waals surface area contributed by atoms with Gasteiger partial charge in [0.15, 0.2) is 0 Å². The number of nitrogens with one attached hydrogen (secondary N) is 1. The van der Waals surface area contributed by atoms with Crippen molar-refractivity contribution in [1.29, 1.82) is 0 Å². The summed E-state index contributed by atoms with van der Waals surface area (Å²) in [6, 6.07) is 0.626. The van der Waals surface area contributed by atoms with E-state index in [1.807, 2.05) is 0 Å². The van der Waals surface area contributed by atoms with Crippen molar-refractivity contribution in [2.45, 2.75) is 25.3 Å². The van der Waals surface area contributed by atoms with Crippen LogP contribution in [0.5, 0.6) is 0 Å². The molecule has 0 heterocycles. The van der Waals surface area contributed by atoms with Gasteiger partial charge in [-0.1, -0.05) is 18.1 Å². The summed E-state index contributed by atoms with van der Waals surface area (Å²) in [7, 11) is 0. The van der Waals surface area contributed by atoms with Gasteiger partial charge in [-0.3, -0.25) is 0 Å². The molecular formula is C9H13N. The molecule has 0 fully saturated rings. The lowest BCUT2D eigenvalue weighted by Gasteiger charge is -2.17. The van der Waals surface area contributed by atoms with Crippen LogP contribution in [-0.4, -0.2) is 12.6 Å². The maximum absolute atomic E-state index is 5.12. The molecule has 0 aromatic carbocycles. The summed E-state index contributed by atoms with van der Waals surface area (Å²) in [5.74, 6) is 2.58. The molecule has 0 saturated carbocycles. The number of rotatable bonds is 2. The minimum absolute atomic E-state index is 0.626. The second-order valence-electron chi connectivity index (χ2n) is 2.57. The Morgan fingerprint density at radius 3 is 3.10 bits per heavy atom. The molecule has 1 atom stereocenters. The summed E-state index contributed by atoms with van der Waals surface area (Å²) < 4.78 is 0. The van der Waals surface area contributed by atoms with E-state index in [0.717, 1.165) is 6.42 Å². The highest BCUT2D eigenvalue weighted by molar-refractivity contribution is 4.95. The Kier molecular flexibility index (Phi) is 3.05. The first-order chi connectivity index (χ1) is 4.93. The normalized spacial score (nSPS) is 24.1. The van der Waals surface area contributed by atoms with Crippen molar-refractivity contribution < 1.29 is 0 Å². The number of hydrogen-bond donors (Lipinski definition) is 1. The standard InChI is InChI=1S/C9H13N/c1-2-8-10-9-6-4-3-5-7-9/h1,3-4,9-10H,5-8H2. The molecule has 1 rings (SSSR count). The summed E-state index contributed by atoms with van der Waals surface area (Å²) in [6.07, 6.45) is 13.1. The maximum Gasteiger partial charge on any atom is 0.0576 e. The monoisotopic (exact) mass is 135 g/mol. The highest BCUT2D eigenvalue weighted by Crippen LogP contribution is 2.09. The number of hydrogen-bond acceptors (Lipinski definition) is 1. The SMILES string of the molecule is C#CCNC1CC=CCC1. The highest BCUT2D eigenvalue weighted by Gasteiger charge is 2.06. The fraction of sp³-hybridized carbons (Fsp3) is 0.556. The van der Waals surface area contributed by atoms with Gasteiger partial charge >= 0.3 is 0 Å². The molecule has 0 aromatic heterocycles. The van der Waals surface area contributed by atoms with Crippen LogP contribution in [-0.2, 0) is 0 Å². The minimum Gasteiger partial charge on any atom is -0.303 e. The Morgan fingerprint density at radius 1 is 1.60 bits per heavy atom. The third-order valence-corrected chi connectivity index (χ3v) is 1.76. The van der Waals surface area contributed by atoms with E-state index in [0.29, 0.717) is 12.6 Å². The summed E-state index contributed by atoms with van der Waals surface area (Å²) in [6.45, 7) is 0.707. The fourth-order valence-electron chi connectivity index (χ4n) is 1.18. The van der Waals surface area contributed by atoms with Crippen molar-refractivity contribution in [3.05, 3.63) is 12.2 Å². The minimum atomic E-state index is 0.626. The molecule has 0 spiro atoms. The average molecular weight is 135 g/mol. The molecule has 0 aliphatic heterocycles. The van der Waals surface area contributed by atoms with Crippen LogP contribution in [0.4, 0.5) is 0 Å². The van der Waals surface area contributed by atoms with Gasteiger partial charge in [0.05, 0.1) is 6.54 Å². The zero-order valence-electron chi connectivity index (χ0n) is 6.14. The van der Waals surface area contributed by atoms with Crippen molar-refractivity contribution in [2.24, 2.45) is 0 Å². The lowest BCUT2D eigenvalue weighted by molar-refractivity contribution is 0.502. The zero-order chi connectivity index (χ0) is 7.23. The van der Waals surface area contributed by atoms with Gasteiger partial charge in [-0.15, -0.1) is 6.42 Å². The topological polar surface area (TPSA) is 12.0 Å². The van der Waals surface area contributed by atoms with Crippen molar-refractivity contribution in [3.63, 3.8) is 0 Å². The van der Waals surface area contributed by atoms with Crippen LogP contribution in [0.15, 0.2) is 12.2 Å². The lowest BCUT2D eigenvalue weighted by atomic mass is 10.0. The molecule has 0 bridgehead atoms. The molecule has 0 aromatic rings. The molecule has 0 radical (unpaired) electrons. The highest BCUT2D eigenvalue weighted by atomic mass is 14.9. The second kappa shape index (κ2) is 4.14.